The summed E-state index contributed by atoms with van der Waals surface area (Å²) in [4.78, 5) is 43.0. The summed E-state index contributed by atoms with van der Waals surface area (Å²) < 4.78 is 19.4. The molecule has 0 bridgehead atoms. The van der Waals surface area contributed by atoms with Crippen molar-refractivity contribution in [2.75, 3.05) is 63.0 Å². The summed E-state index contributed by atoms with van der Waals surface area (Å²) >= 11 is 0. The van der Waals surface area contributed by atoms with E-state index in [4.69, 9.17) is 19.2 Å². The van der Waals surface area contributed by atoms with Gasteiger partial charge in [-0.25, -0.2) is 4.98 Å². The van der Waals surface area contributed by atoms with Gasteiger partial charge in [0.15, 0.2) is 11.5 Å². The number of morpholine rings is 1. The number of rotatable bonds is 8. The van der Waals surface area contributed by atoms with Crippen LogP contribution in [-0.2, 0) is 37.6 Å². The molecule has 0 radical (unpaired) electrons. The summed E-state index contributed by atoms with van der Waals surface area (Å²) in [5, 5.41) is 10.2. The van der Waals surface area contributed by atoms with Crippen LogP contribution in [0.15, 0.2) is 79.0 Å². The topological polar surface area (TPSA) is 113 Å². The summed E-state index contributed by atoms with van der Waals surface area (Å²) in [6, 6.07) is 22.6. The van der Waals surface area contributed by atoms with Crippen molar-refractivity contribution in [3.8, 4) is 28.5 Å². The number of hydrogen-bond acceptors (Lipinski definition) is 9. The predicted molar refractivity (Wildman–Crippen MR) is 213 cm³/mol. The van der Waals surface area contributed by atoms with Crippen LogP contribution in [-0.4, -0.2) is 95.5 Å². The summed E-state index contributed by atoms with van der Waals surface area (Å²) in [6.07, 6.45) is 3.92. The zero-order valence-electron chi connectivity index (χ0n) is 32.0. The van der Waals surface area contributed by atoms with Crippen LogP contribution >= 0.6 is 0 Å². The van der Waals surface area contributed by atoms with Crippen molar-refractivity contribution in [2.24, 2.45) is 7.05 Å². The van der Waals surface area contributed by atoms with Gasteiger partial charge in [-0.2, -0.15) is 0 Å². The van der Waals surface area contributed by atoms with E-state index in [1.54, 1.807) is 41.4 Å². The number of aromatic hydroxyl groups is 1. The number of likely N-dealkylation sites (N-methyl/N-ethyl adjacent to an activating group) is 1. The molecule has 1 N–H and O–H groups in total. The fraction of sp³-hybridized carbons (Fsp3) is 0.341. The van der Waals surface area contributed by atoms with Gasteiger partial charge in [-0.3, -0.25) is 19.4 Å². The van der Waals surface area contributed by atoms with Crippen molar-refractivity contribution in [3.05, 3.63) is 113 Å². The molecule has 2 aromatic heterocycles. The Morgan fingerprint density at radius 3 is 2.41 bits per heavy atom. The van der Waals surface area contributed by atoms with Gasteiger partial charge in [-0.15, -0.1) is 0 Å². The molecular weight excluding hydrogens is 709 g/mol. The molecule has 6 heterocycles. The highest BCUT2D eigenvalue weighted by Crippen LogP contribution is 2.42. The third-order valence-electron chi connectivity index (χ3n) is 11.7. The number of amides is 2. The Bertz CT molecular complexity index is 2320. The molecule has 0 unspecified atom stereocenters. The van der Waals surface area contributed by atoms with Crippen molar-refractivity contribution < 1.29 is 28.9 Å². The molecule has 288 valence electrons. The van der Waals surface area contributed by atoms with E-state index >= 15 is 4.79 Å². The van der Waals surface area contributed by atoms with E-state index in [0.717, 1.165) is 67.4 Å². The lowest BCUT2D eigenvalue weighted by molar-refractivity contribution is 0.0382. The zero-order valence-corrected chi connectivity index (χ0v) is 32.0. The maximum Gasteiger partial charge on any atom is 0.264 e. The number of hydrogen-bond donors (Lipinski definition) is 1. The van der Waals surface area contributed by atoms with Crippen molar-refractivity contribution in [1.82, 2.24) is 19.4 Å². The molecule has 56 heavy (non-hydrogen) atoms. The molecule has 0 spiro atoms. The van der Waals surface area contributed by atoms with Gasteiger partial charge in [0.05, 0.1) is 36.2 Å². The summed E-state index contributed by atoms with van der Waals surface area (Å²) in [5.74, 6) is 1.74. The molecule has 0 aliphatic carbocycles. The Hall–Kier alpha value is -5.85. The van der Waals surface area contributed by atoms with Crippen molar-refractivity contribution in [1.29, 1.82) is 0 Å². The van der Waals surface area contributed by atoms with E-state index < -0.39 is 0 Å². The molecule has 0 saturated carbocycles. The van der Waals surface area contributed by atoms with Gasteiger partial charge in [0.2, 0.25) is 6.79 Å². The molecule has 1 fully saturated rings. The molecule has 4 aliphatic rings. The normalized spacial score (nSPS) is 17.5. The minimum absolute atomic E-state index is 0.0232. The smallest absolute Gasteiger partial charge is 0.264 e. The monoisotopic (exact) mass is 754 g/mol. The Morgan fingerprint density at radius 1 is 0.875 bits per heavy atom. The third-order valence-corrected chi connectivity index (χ3v) is 11.7. The Morgan fingerprint density at radius 2 is 1.62 bits per heavy atom. The number of fused-ring (bicyclic) bond motifs is 3. The minimum atomic E-state index is -0.238. The quantitative estimate of drug-likeness (QED) is 0.205. The van der Waals surface area contributed by atoms with Gasteiger partial charge in [0.25, 0.3) is 11.8 Å². The average Bonchev–Trinajstić information content (AvgIpc) is 3.93. The van der Waals surface area contributed by atoms with E-state index in [1.807, 2.05) is 49.3 Å². The second-order valence-electron chi connectivity index (χ2n) is 15.2. The second-order valence-corrected chi connectivity index (χ2v) is 15.2. The highest BCUT2D eigenvalue weighted by molar-refractivity contribution is 6.13. The lowest BCUT2D eigenvalue weighted by Gasteiger charge is -2.35. The highest BCUT2D eigenvalue weighted by Gasteiger charge is 2.34. The standard InChI is InChI=1S/C44H46N6O6/c1-28-20-29-6-4-5-7-31(29)26-49(28)43(52)36-24-41-40(55-27-56-41)23-35(36)39-22-37(38(47(39)3)13-15-48-16-18-54-19-17-48)44(53)50(32-8-10-34(51)11-9-32)33-21-30-12-14-46(2)42(30)45-25-33/h4-11,21-25,28,51H,12-20,26-27H2,1-3H3/t28-/m1/s1. The van der Waals surface area contributed by atoms with Crippen LogP contribution in [0.4, 0.5) is 17.2 Å². The summed E-state index contributed by atoms with van der Waals surface area (Å²) in [6.45, 7) is 7.19. The van der Waals surface area contributed by atoms with E-state index in [0.29, 0.717) is 65.7 Å². The first-order valence-corrected chi connectivity index (χ1v) is 19.4. The number of carbonyl (C=O) groups excluding carboxylic acids is 2. The Kier molecular flexibility index (Phi) is 9.38. The molecule has 12 heteroatoms. The average molecular weight is 755 g/mol. The van der Waals surface area contributed by atoms with Crippen molar-refractivity contribution in [3.63, 3.8) is 0 Å². The molecular formula is C44H46N6O6. The van der Waals surface area contributed by atoms with Gasteiger partial charge in [-0.1, -0.05) is 24.3 Å². The van der Waals surface area contributed by atoms with Crippen LogP contribution in [0.1, 0.15) is 50.0 Å². The van der Waals surface area contributed by atoms with Gasteiger partial charge in [0, 0.05) is 81.9 Å². The Balaban J connectivity index is 1.17. The number of aromatic nitrogens is 2. The van der Waals surface area contributed by atoms with Crippen LogP contribution in [0.5, 0.6) is 17.2 Å². The number of benzene rings is 3. The number of nitrogens with zero attached hydrogens (tertiary/aromatic N) is 6. The SMILES string of the molecule is C[C@@H]1Cc2ccccc2CN1C(=O)c1cc2c(cc1-c1cc(C(=O)N(c3ccc(O)cc3)c3cnc4c(c3)CCN4C)c(CCN3CCOCC3)n1C)OCO2. The van der Waals surface area contributed by atoms with Gasteiger partial charge in [0.1, 0.15) is 11.6 Å². The number of phenols is 1. The number of carbonyl (C=O) groups is 2. The third kappa shape index (κ3) is 6.52. The predicted octanol–water partition coefficient (Wildman–Crippen LogP) is 5.95. The maximum atomic E-state index is 15.3. The molecule has 2 amide bonds. The van der Waals surface area contributed by atoms with Crippen molar-refractivity contribution >= 4 is 29.0 Å². The van der Waals surface area contributed by atoms with Gasteiger partial charge >= 0.3 is 0 Å². The van der Waals surface area contributed by atoms with E-state index in [-0.39, 0.29) is 30.4 Å². The number of anilines is 3. The fourth-order valence-corrected chi connectivity index (χ4v) is 8.55. The van der Waals surface area contributed by atoms with E-state index in [1.165, 1.54) is 5.56 Å². The number of pyridine rings is 1. The van der Waals surface area contributed by atoms with Crippen LogP contribution in [0.25, 0.3) is 11.3 Å². The molecule has 9 rings (SSSR count). The second kappa shape index (κ2) is 14.7. The number of ether oxygens (including phenoxy) is 3. The molecule has 1 saturated heterocycles. The van der Waals surface area contributed by atoms with Crippen LogP contribution in [0.2, 0.25) is 0 Å². The zero-order chi connectivity index (χ0) is 38.5. The Labute approximate surface area is 326 Å². The van der Waals surface area contributed by atoms with Crippen LogP contribution in [0, 0.1) is 0 Å². The first-order chi connectivity index (χ1) is 27.2. The summed E-state index contributed by atoms with van der Waals surface area (Å²) in [7, 11) is 3.99. The molecule has 4 aliphatic heterocycles. The minimum Gasteiger partial charge on any atom is -0.508 e. The maximum absolute atomic E-state index is 15.3. The first kappa shape index (κ1) is 35.8. The van der Waals surface area contributed by atoms with E-state index in [9.17, 15) is 9.90 Å². The fourth-order valence-electron chi connectivity index (χ4n) is 8.55. The molecule has 3 aromatic carbocycles. The van der Waals surface area contributed by atoms with Gasteiger partial charge in [-0.05, 0) is 85.0 Å². The number of phenolic OH excluding ortho intramolecular Hbond substituents is 1. The largest absolute Gasteiger partial charge is 0.508 e. The van der Waals surface area contributed by atoms with Gasteiger partial charge < -0.3 is 33.7 Å². The lowest BCUT2D eigenvalue weighted by atomic mass is 9.93. The lowest BCUT2D eigenvalue weighted by Crippen LogP contribution is -2.42. The van der Waals surface area contributed by atoms with E-state index in [2.05, 4.69) is 33.4 Å². The molecule has 5 aromatic rings. The molecule has 1 atom stereocenters. The van der Waals surface area contributed by atoms with Crippen molar-refractivity contribution in [2.45, 2.75) is 38.8 Å². The van der Waals surface area contributed by atoms with Crippen LogP contribution < -0.4 is 19.3 Å². The first-order valence-electron chi connectivity index (χ1n) is 19.4. The highest BCUT2D eigenvalue weighted by atomic mass is 16.7. The molecule has 12 nitrogen and oxygen atoms in total. The van der Waals surface area contributed by atoms with Crippen LogP contribution in [0.3, 0.4) is 0 Å². The summed E-state index contributed by atoms with van der Waals surface area (Å²) in [5.41, 5.74) is 7.93.